The minimum atomic E-state index is 0.100. The summed E-state index contributed by atoms with van der Waals surface area (Å²) in [5, 5.41) is 4.69. The van der Waals surface area contributed by atoms with Crippen molar-refractivity contribution in [1.82, 2.24) is 14.7 Å². The summed E-state index contributed by atoms with van der Waals surface area (Å²) in [6.07, 6.45) is 3.25. The Morgan fingerprint density at radius 2 is 1.93 bits per heavy atom. The van der Waals surface area contributed by atoms with Gasteiger partial charge in [-0.2, -0.15) is 5.10 Å². The highest BCUT2D eigenvalue weighted by molar-refractivity contribution is 5.77. The van der Waals surface area contributed by atoms with Gasteiger partial charge in [0.15, 0.2) is 11.5 Å². The number of amides is 1. The van der Waals surface area contributed by atoms with Gasteiger partial charge in [-0.15, -0.1) is 0 Å². The van der Waals surface area contributed by atoms with Gasteiger partial charge in [-0.1, -0.05) is 19.9 Å². The molecule has 3 rings (SSSR count). The van der Waals surface area contributed by atoms with Gasteiger partial charge in [-0.25, -0.2) is 0 Å². The fourth-order valence-electron chi connectivity index (χ4n) is 4.47. The molecule has 0 aliphatic carbocycles. The second-order valence-electron chi connectivity index (χ2n) is 8.58. The minimum absolute atomic E-state index is 0.100. The third kappa shape index (κ3) is 4.63. The molecule has 0 spiro atoms. The molecule has 0 radical (unpaired) electrons. The summed E-state index contributed by atoms with van der Waals surface area (Å²) in [7, 11) is 3.28. The second kappa shape index (κ2) is 9.54. The third-order valence-corrected chi connectivity index (χ3v) is 6.02. The normalized spacial score (nSPS) is 16.4. The van der Waals surface area contributed by atoms with Gasteiger partial charge in [-0.05, 0) is 62.3 Å². The van der Waals surface area contributed by atoms with Crippen LogP contribution in [0.25, 0.3) is 0 Å². The molecule has 0 saturated carbocycles. The van der Waals surface area contributed by atoms with Crippen molar-refractivity contribution in [3.8, 4) is 11.5 Å². The first-order valence-electron chi connectivity index (χ1n) is 10.9. The van der Waals surface area contributed by atoms with Crippen LogP contribution in [0.2, 0.25) is 0 Å². The SMILES string of the molecule is COc1ccc(C2CCCN2C(=O)CCc2c(C)nn(CC(C)C)c2C)cc1OC. The third-order valence-electron chi connectivity index (χ3n) is 6.02. The Morgan fingerprint density at radius 1 is 1.20 bits per heavy atom. The number of carbonyl (C=O) groups is 1. The van der Waals surface area contributed by atoms with E-state index >= 15 is 0 Å². The number of hydrogen-bond donors (Lipinski definition) is 0. The molecule has 164 valence electrons. The monoisotopic (exact) mass is 413 g/mol. The molecule has 1 aliphatic heterocycles. The van der Waals surface area contributed by atoms with E-state index in [9.17, 15) is 4.79 Å². The Balaban J connectivity index is 1.71. The van der Waals surface area contributed by atoms with Crippen LogP contribution in [0, 0.1) is 19.8 Å². The van der Waals surface area contributed by atoms with Gasteiger partial charge in [-0.3, -0.25) is 9.48 Å². The number of methoxy groups -OCH3 is 2. The summed E-state index contributed by atoms with van der Waals surface area (Å²) in [4.78, 5) is 15.2. The molecular weight excluding hydrogens is 378 g/mol. The first-order chi connectivity index (χ1) is 14.3. The van der Waals surface area contributed by atoms with E-state index in [4.69, 9.17) is 9.47 Å². The van der Waals surface area contributed by atoms with E-state index in [2.05, 4.69) is 30.6 Å². The Morgan fingerprint density at radius 3 is 2.60 bits per heavy atom. The van der Waals surface area contributed by atoms with Crippen molar-refractivity contribution in [3.63, 3.8) is 0 Å². The van der Waals surface area contributed by atoms with E-state index in [0.717, 1.165) is 43.6 Å². The summed E-state index contributed by atoms with van der Waals surface area (Å²) in [6.45, 7) is 10.3. The number of likely N-dealkylation sites (tertiary alicyclic amines) is 1. The molecule has 1 atom stereocenters. The number of aromatic nitrogens is 2. The Hall–Kier alpha value is -2.50. The maximum atomic E-state index is 13.1. The highest BCUT2D eigenvalue weighted by Crippen LogP contribution is 2.37. The molecule has 1 unspecified atom stereocenters. The van der Waals surface area contributed by atoms with E-state index < -0.39 is 0 Å². The van der Waals surface area contributed by atoms with E-state index in [1.54, 1.807) is 14.2 Å². The fraction of sp³-hybridized carbons (Fsp3) is 0.583. The molecule has 0 bridgehead atoms. The van der Waals surface area contributed by atoms with E-state index in [-0.39, 0.29) is 11.9 Å². The van der Waals surface area contributed by atoms with E-state index in [1.165, 1.54) is 11.3 Å². The van der Waals surface area contributed by atoms with Crippen molar-refractivity contribution < 1.29 is 14.3 Å². The summed E-state index contributed by atoms with van der Waals surface area (Å²) in [5.41, 5.74) is 4.55. The quantitative estimate of drug-likeness (QED) is 0.641. The first-order valence-corrected chi connectivity index (χ1v) is 10.9. The number of aryl methyl sites for hydroxylation is 1. The van der Waals surface area contributed by atoms with Crippen LogP contribution in [0.4, 0.5) is 0 Å². The minimum Gasteiger partial charge on any atom is -0.493 e. The van der Waals surface area contributed by atoms with Gasteiger partial charge >= 0.3 is 0 Å². The van der Waals surface area contributed by atoms with Crippen molar-refractivity contribution in [2.75, 3.05) is 20.8 Å². The smallest absolute Gasteiger partial charge is 0.223 e. The average Bonchev–Trinajstić information content (AvgIpc) is 3.31. The standard InChI is InChI=1S/C24H35N3O3/c1-16(2)15-27-18(4)20(17(3)25-27)10-12-24(28)26-13-7-8-21(26)19-9-11-22(29-5)23(14-19)30-6/h9,11,14,16,21H,7-8,10,12-13,15H2,1-6H3. The van der Waals surface area contributed by atoms with E-state index in [0.29, 0.717) is 23.8 Å². The van der Waals surface area contributed by atoms with Crippen LogP contribution in [0.3, 0.4) is 0 Å². The summed E-state index contributed by atoms with van der Waals surface area (Å²) < 4.78 is 12.9. The molecule has 6 heteroatoms. The molecule has 2 aromatic rings. The van der Waals surface area contributed by atoms with Crippen molar-refractivity contribution >= 4 is 5.91 Å². The van der Waals surface area contributed by atoms with Crippen LogP contribution in [0.1, 0.15) is 61.7 Å². The molecule has 1 aromatic carbocycles. The van der Waals surface area contributed by atoms with Gasteiger partial charge < -0.3 is 14.4 Å². The van der Waals surface area contributed by atoms with Crippen LogP contribution < -0.4 is 9.47 Å². The molecule has 1 fully saturated rings. The van der Waals surface area contributed by atoms with Crippen LogP contribution in [0.15, 0.2) is 18.2 Å². The van der Waals surface area contributed by atoms with Gasteiger partial charge in [0.1, 0.15) is 0 Å². The molecule has 0 N–H and O–H groups in total. The highest BCUT2D eigenvalue weighted by Gasteiger charge is 2.30. The summed E-state index contributed by atoms with van der Waals surface area (Å²) in [6, 6.07) is 6.06. The van der Waals surface area contributed by atoms with Gasteiger partial charge in [0.05, 0.1) is 26.0 Å². The van der Waals surface area contributed by atoms with Gasteiger partial charge in [0, 0.05) is 25.2 Å². The molecule has 1 aliphatic rings. The molecule has 30 heavy (non-hydrogen) atoms. The lowest BCUT2D eigenvalue weighted by molar-refractivity contribution is -0.132. The average molecular weight is 414 g/mol. The van der Waals surface area contributed by atoms with Crippen LogP contribution in [-0.2, 0) is 17.8 Å². The van der Waals surface area contributed by atoms with Gasteiger partial charge in [0.25, 0.3) is 0 Å². The molecule has 1 aromatic heterocycles. The molecule has 6 nitrogen and oxygen atoms in total. The number of ether oxygens (including phenoxy) is 2. The number of benzene rings is 1. The van der Waals surface area contributed by atoms with Gasteiger partial charge in [0.2, 0.25) is 5.91 Å². The molecule has 1 amide bonds. The summed E-state index contributed by atoms with van der Waals surface area (Å²) in [5.74, 6) is 2.17. The van der Waals surface area contributed by atoms with Crippen LogP contribution >= 0.6 is 0 Å². The topological polar surface area (TPSA) is 56.6 Å². The summed E-state index contributed by atoms with van der Waals surface area (Å²) >= 11 is 0. The zero-order chi connectivity index (χ0) is 21.8. The maximum Gasteiger partial charge on any atom is 0.223 e. The van der Waals surface area contributed by atoms with E-state index in [1.807, 2.05) is 30.0 Å². The van der Waals surface area contributed by atoms with Crippen molar-refractivity contribution in [3.05, 3.63) is 40.7 Å². The number of nitrogens with zero attached hydrogens (tertiary/aromatic N) is 3. The zero-order valence-electron chi connectivity index (χ0n) is 19.2. The maximum absolute atomic E-state index is 13.1. The number of rotatable bonds is 8. The predicted molar refractivity (Wildman–Crippen MR) is 118 cm³/mol. The number of carbonyl (C=O) groups excluding carboxylic acids is 1. The largest absolute Gasteiger partial charge is 0.493 e. The lowest BCUT2D eigenvalue weighted by atomic mass is 10.0. The fourth-order valence-corrected chi connectivity index (χ4v) is 4.47. The lowest BCUT2D eigenvalue weighted by Gasteiger charge is -2.26. The zero-order valence-corrected chi connectivity index (χ0v) is 19.2. The molecular formula is C24H35N3O3. The Kier molecular flexibility index (Phi) is 7.06. The second-order valence-corrected chi connectivity index (χ2v) is 8.58. The van der Waals surface area contributed by atoms with Crippen molar-refractivity contribution in [1.29, 1.82) is 0 Å². The van der Waals surface area contributed by atoms with Crippen molar-refractivity contribution in [2.24, 2.45) is 5.92 Å². The van der Waals surface area contributed by atoms with Crippen LogP contribution in [0.5, 0.6) is 11.5 Å². The Labute approximate surface area is 180 Å². The number of hydrogen-bond acceptors (Lipinski definition) is 4. The molecule has 1 saturated heterocycles. The Bertz CT molecular complexity index is 888. The first kappa shape index (κ1) is 22.2. The lowest BCUT2D eigenvalue weighted by Crippen LogP contribution is -2.30. The predicted octanol–water partition coefficient (Wildman–Crippen LogP) is 4.47. The highest BCUT2D eigenvalue weighted by atomic mass is 16.5. The molecule has 2 heterocycles. The van der Waals surface area contributed by atoms with Crippen LogP contribution in [-0.4, -0.2) is 41.4 Å². The van der Waals surface area contributed by atoms with Crippen molar-refractivity contribution in [2.45, 2.75) is 66.0 Å².